The van der Waals surface area contributed by atoms with Gasteiger partial charge in [-0.2, -0.15) is 0 Å². The molecule has 12 atom stereocenters. The molecule has 0 amide bonds. The van der Waals surface area contributed by atoms with E-state index in [2.05, 4.69) is 5.32 Å². The number of phenols is 1. The molecule has 1 aromatic carbocycles. The van der Waals surface area contributed by atoms with Gasteiger partial charge in [0.25, 0.3) is 0 Å². The Bertz CT molecular complexity index is 1520. The van der Waals surface area contributed by atoms with Crippen molar-refractivity contribution in [1.29, 1.82) is 0 Å². The number of hydrogen-bond donors (Lipinski definition) is 12. The molecule has 4 aliphatic rings. The Labute approximate surface area is 282 Å². The summed E-state index contributed by atoms with van der Waals surface area (Å²) in [4.78, 5) is 36.8. The standard InChI is InChI=1S/C30H38N2O18/c33-8-18-20(36)22(38)24(40)29(48-18)50-25-23(39)21(37)19(9-34)49-30(25)47-17-7-14-11(6-16(17)35)5-15(28(45)46)32(14)2-1-10-3-12(26(41)42)31-13(4-10)27(43)44/h1,3,6-7,13,15,18-25,29-31,33-40H,2,4-5,8-9H2,(H,41,42)(H,43,44)(H,45,46)/b10-1+/t13-,15-,18+,19+,20+,21+,22-,23-,24+,25+,29-,30+/m0/s1. The molecule has 276 valence electrons. The number of rotatable bonds is 11. The molecule has 4 heterocycles. The second-order valence-electron chi connectivity index (χ2n) is 12.2. The van der Waals surface area contributed by atoms with Gasteiger partial charge in [-0.3, -0.25) is 0 Å². The zero-order valence-corrected chi connectivity index (χ0v) is 26.0. The smallest absolute Gasteiger partial charge is 0.351 e. The average Bonchev–Trinajstić information content (AvgIpc) is 3.43. The number of carboxylic acid groups (broad SMARTS) is 3. The number of nitrogens with zero attached hydrogens (tertiary/aromatic N) is 1. The molecule has 0 aromatic heterocycles. The van der Waals surface area contributed by atoms with Crippen molar-refractivity contribution in [3.05, 3.63) is 41.1 Å². The van der Waals surface area contributed by atoms with E-state index in [1.165, 1.54) is 29.2 Å². The van der Waals surface area contributed by atoms with Crippen LogP contribution < -0.4 is 15.0 Å². The molecule has 2 fully saturated rings. The second kappa shape index (κ2) is 15.0. The quantitative estimate of drug-likeness (QED) is 0.103. The third kappa shape index (κ3) is 7.35. The highest BCUT2D eigenvalue weighted by atomic mass is 16.8. The van der Waals surface area contributed by atoms with Crippen LogP contribution in [0.25, 0.3) is 0 Å². The first-order valence-electron chi connectivity index (χ1n) is 15.4. The lowest BCUT2D eigenvalue weighted by molar-refractivity contribution is -0.358. The molecule has 0 radical (unpaired) electrons. The summed E-state index contributed by atoms with van der Waals surface area (Å²) in [5.41, 5.74) is 0.523. The number of aliphatic hydroxyl groups excluding tert-OH is 7. The van der Waals surface area contributed by atoms with Crippen LogP contribution in [0.1, 0.15) is 12.0 Å². The minimum atomic E-state index is -1.93. The molecule has 5 rings (SSSR count). The van der Waals surface area contributed by atoms with Crippen LogP contribution >= 0.6 is 0 Å². The number of carboxylic acids is 3. The van der Waals surface area contributed by atoms with Gasteiger partial charge in [0, 0.05) is 31.1 Å². The number of fused-ring (bicyclic) bond motifs is 1. The van der Waals surface area contributed by atoms with Crippen LogP contribution in [-0.2, 0) is 35.0 Å². The van der Waals surface area contributed by atoms with E-state index in [0.29, 0.717) is 11.1 Å². The molecule has 12 N–H and O–H groups in total. The normalized spacial score (nSPS) is 36.3. The fraction of sp³-hybridized carbons (Fsp3) is 0.567. The number of nitrogens with one attached hydrogen (secondary N) is 1. The molecule has 50 heavy (non-hydrogen) atoms. The number of allylic oxidation sites excluding steroid dienone is 1. The number of phenolic OH excluding ortho intramolecular Hbond substituents is 1. The lowest BCUT2D eigenvalue weighted by atomic mass is 9.97. The first-order chi connectivity index (χ1) is 23.6. The summed E-state index contributed by atoms with van der Waals surface area (Å²) < 4.78 is 22.5. The second-order valence-corrected chi connectivity index (χ2v) is 12.2. The Hall–Kier alpha value is -4.09. The molecule has 20 nitrogen and oxygen atoms in total. The van der Waals surface area contributed by atoms with E-state index >= 15 is 0 Å². The number of ether oxygens (including phenoxy) is 4. The first kappa shape index (κ1) is 37.2. The van der Waals surface area contributed by atoms with Crippen molar-refractivity contribution in [2.45, 2.75) is 86.3 Å². The lowest BCUT2D eigenvalue weighted by Gasteiger charge is -2.45. The highest BCUT2D eigenvalue weighted by Crippen LogP contribution is 2.42. The summed E-state index contributed by atoms with van der Waals surface area (Å²) in [6, 6.07) is 0.0278. The van der Waals surface area contributed by atoms with E-state index in [4.69, 9.17) is 18.9 Å². The highest BCUT2D eigenvalue weighted by Gasteiger charge is 2.51. The van der Waals surface area contributed by atoms with Crippen molar-refractivity contribution < 1.29 is 89.5 Å². The van der Waals surface area contributed by atoms with E-state index in [9.17, 15) is 70.6 Å². The zero-order chi connectivity index (χ0) is 36.6. The molecule has 0 unspecified atom stereocenters. The van der Waals surface area contributed by atoms with E-state index < -0.39 is 110 Å². The minimum Gasteiger partial charge on any atom is -0.504 e. The average molecular weight is 715 g/mol. The van der Waals surface area contributed by atoms with Gasteiger partial charge in [0.2, 0.25) is 6.29 Å². The van der Waals surface area contributed by atoms with E-state index in [1.807, 2.05) is 0 Å². The molecule has 0 aliphatic carbocycles. The van der Waals surface area contributed by atoms with Crippen LogP contribution in [0.15, 0.2) is 35.6 Å². The number of aliphatic hydroxyl groups is 7. The van der Waals surface area contributed by atoms with Crippen molar-refractivity contribution in [2.24, 2.45) is 0 Å². The summed E-state index contributed by atoms with van der Waals surface area (Å²) in [5.74, 6) is -4.82. The largest absolute Gasteiger partial charge is 0.504 e. The van der Waals surface area contributed by atoms with Crippen molar-refractivity contribution in [1.82, 2.24) is 5.32 Å². The van der Waals surface area contributed by atoms with Crippen LogP contribution in [-0.4, -0.2) is 167 Å². The third-order valence-electron chi connectivity index (χ3n) is 8.93. The van der Waals surface area contributed by atoms with E-state index in [-0.39, 0.29) is 36.5 Å². The van der Waals surface area contributed by atoms with Crippen LogP contribution in [0.5, 0.6) is 11.5 Å². The molecule has 4 aliphatic heterocycles. The molecule has 1 aromatic rings. The number of anilines is 1. The highest BCUT2D eigenvalue weighted by molar-refractivity contribution is 5.89. The predicted molar refractivity (Wildman–Crippen MR) is 161 cm³/mol. The van der Waals surface area contributed by atoms with Crippen LogP contribution in [0, 0.1) is 0 Å². The van der Waals surface area contributed by atoms with Gasteiger partial charge in [0.15, 0.2) is 23.9 Å². The number of carbonyl (C=O) groups is 3. The molecule has 20 heteroatoms. The molecule has 2 saturated heterocycles. The summed E-state index contributed by atoms with van der Waals surface area (Å²) >= 11 is 0. The molecule has 0 bridgehead atoms. The number of benzene rings is 1. The van der Waals surface area contributed by atoms with Crippen LogP contribution in [0.4, 0.5) is 5.69 Å². The van der Waals surface area contributed by atoms with Gasteiger partial charge >= 0.3 is 17.9 Å². The Morgan fingerprint density at radius 3 is 2.10 bits per heavy atom. The maximum absolute atomic E-state index is 12.3. The van der Waals surface area contributed by atoms with Gasteiger partial charge in [-0.1, -0.05) is 6.08 Å². The molecule has 0 spiro atoms. The minimum absolute atomic E-state index is 0.0858. The summed E-state index contributed by atoms with van der Waals surface area (Å²) in [6.45, 7) is -1.77. The maximum atomic E-state index is 12.3. The number of hydrogen-bond acceptors (Lipinski definition) is 17. The first-order valence-corrected chi connectivity index (χ1v) is 15.4. The third-order valence-corrected chi connectivity index (χ3v) is 8.93. The zero-order valence-electron chi connectivity index (χ0n) is 26.0. The van der Waals surface area contributed by atoms with Crippen LogP contribution in [0.3, 0.4) is 0 Å². The Morgan fingerprint density at radius 1 is 0.860 bits per heavy atom. The van der Waals surface area contributed by atoms with Gasteiger partial charge in [-0.25, -0.2) is 14.4 Å². The number of aromatic hydroxyl groups is 1. The van der Waals surface area contributed by atoms with Gasteiger partial charge < -0.3 is 85.3 Å². The van der Waals surface area contributed by atoms with Gasteiger partial charge in [0.1, 0.15) is 60.5 Å². The van der Waals surface area contributed by atoms with E-state index in [1.54, 1.807) is 0 Å². The van der Waals surface area contributed by atoms with Crippen LogP contribution in [0.2, 0.25) is 0 Å². The van der Waals surface area contributed by atoms with Crippen molar-refractivity contribution in [3.63, 3.8) is 0 Å². The SMILES string of the molecule is O=C(O)C1=C/C(=C\CN2c3cc(O[C@@H]4O[C@H](CO)[C@@H](O)[C@H](O)[C@H]4O[C@@H]4O[C@H](CO)[C@@H](O)[C@H](O)[C@H]4O)c(O)cc3C[C@H]2C(=O)O)C[C@@H](C(=O)O)N1. The maximum Gasteiger partial charge on any atom is 0.351 e. The van der Waals surface area contributed by atoms with Gasteiger partial charge in [-0.15, -0.1) is 0 Å². The van der Waals surface area contributed by atoms with Gasteiger partial charge in [-0.05, 0) is 23.3 Å². The van der Waals surface area contributed by atoms with Gasteiger partial charge in [0.05, 0.1) is 13.2 Å². The topological polar surface area (TPSA) is 326 Å². The van der Waals surface area contributed by atoms with Crippen molar-refractivity contribution in [2.75, 3.05) is 24.7 Å². The summed E-state index contributed by atoms with van der Waals surface area (Å²) in [6.07, 6.45) is -14.9. The predicted octanol–water partition coefficient (Wildman–Crippen LogP) is -4.45. The molecular formula is C30H38N2O18. The van der Waals surface area contributed by atoms with Crippen molar-refractivity contribution in [3.8, 4) is 11.5 Å². The molecular weight excluding hydrogens is 676 g/mol. The number of aliphatic carboxylic acids is 3. The molecule has 0 saturated carbocycles. The summed E-state index contributed by atoms with van der Waals surface area (Å²) in [5, 5.41) is 114. The fourth-order valence-electron chi connectivity index (χ4n) is 6.21. The lowest BCUT2D eigenvalue weighted by Crippen LogP contribution is -2.65. The van der Waals surface area contributed by atoms with E-state index in [0.717, 1.165) is 0 Å². The summed E-state index contributed by atoms with van der Waals surface area (Å²) in [7, 11) is 0. The Morgan fingerprint density at radius 2 is 1.50 bits per heavy atom. The Balaban J connectivity index is 1.44. The van der Waals surface area contributed by atoms with Crippen molar-refractivity contribution >= 4 is 23.6 Å². The Kier molecular flexibility index (Phi) is 11.2. The fourth-order valence-corrected chi connectivity index (χ4v) is 6.21. The monoisotopic (exact) mass is 714 g/mol.